The number of benzene rings is 8. The quantitative estimate of drug-likeness (QED) is 0.0491. The molecule has 113 heavy (non-hydrogen) atoms. The Balaban J connectivity index is 0.658. The number of nitrogens with zero attached hydrogens (tertiary/aromatic N) is 11. The summed E-state index contributed by atoms with van der Waals surface area (Å²) >= 11 is 6.68. The summed E-state index contributed by atoms with van der Waals surface area (Å²) in [4.78, 5) is 100. The largest absolute Gasteiger partial charge is 0.573 e. The molecule has 0 radical (unpaired) electrons. The van der Waals surface area contributed by atoms with Crippen molar-refractivity contribution < 1.29 is 64.4 Å². The van der Waals surface area contributed by atoms with Crippen molar-refractivity contribution in [2.45, 2.75) is 31.9 Å². The van der Waals surface area contributed by atoms with Gasteiger partial charge in [0.05, 0.1) is 115 Å². The number of alkyl halides is 6. The minimum absolute atomic E-state index is 0.000545. The van der Waals surface area contributed by atoms with Crippen molar-refractivity contribution in [2.24, 2.45) is 0 Å². The number of amides is 3. The van der Waals surface area contributed by atoms with Gasteiger partial charge >= 0.3 is 29.6 Å². The number of likely N-dealkylation sites (tertiary alicyclic amines) is 1. The van der Waals surface area contributed by atoms with E-state index in [1.165, 1.54) is 96.0 Å². The molecule has 3 amide bonds. The van der Waals surface area contributed by atoms with Gasteiger partial charge < -0.3 is 33.9 Å². The average molecular weight is 1550 g/mol. The first-order valence-electron chi connectivity index (χ1n) is 34.7. The molecule has 1 unspecified atom stereocenters. The number of carbonyl (C=O) groups is 3. The molecule has 8 aromatic carbocycles. The highest BCUT2D eigenvalue weighted by Gasteiger charge is 2.35. The second-order valence-corrected chi connectivity index (χ2v) is 25.9. The normalized spacial score (nSPS) is 13.0. The minimum Gasteiger partial charge on any atom is -0.494 e. The van der Waals surface area contributed by atoms with Gasteiger partial charge in [-0.3, -0.25) is 61.6 Å². The van der Waals surface area contributed by atoms with Gasteiger partial charge in [-0.05, 0) is 207 Å². The monoisotopic (exact) mass is 1550 g/mol. The van der Waals surface area contributed by atoms with Crippen LogP contribution in [0.2, 0.25) is 5.02 Å². The summed E-state index contributed by atoms with van der Waals surface area (Å²) in [7, 11) is 0. The van der Waals surface area contributed by atoms with Crippen LogP contribution in [-0.4, -0.2) is 91.0 Å². The number of carbonyl (C=O) groups excluding carboxylic acids is 3. The maximum atomic E-state index is 14.9. The molecule has 566 valence electrons. The number of nitrogens with one attached hydrogen (secondary N) is 1. The number of anilines is 3. The van der Waals surface area contributed by atoms with Gasteiger partial charge in [0, 0.05) is 55.6 Å². The van der Waals surface area contributed by atoms with E-state index in [0.29, 0.717) is 98.2 Å². The third-order valence-electron chi connectivity index (χ3n) is 18.4. The standard InChI is InChI=1S/C83H59ClF6N12O11/c1-4-76(103)94-52-9-7-10-55(41-52)99-67-31-35-91-46-71(67)97(79(99)106)53-16-23-60(24-17-53)110-65-40-50(39-64(44-65)109-6-3)13-30-78(105)95-38-34-59(49-95)102-69-33-37-92-47-72(69)98(80(102)107)54-18-25-62(26-19-54)112-75-45-63(113-83(88,89)90)27-28-70(75)96(77(104)5-2)56-11-8-12-57(42-56)100-68-32-36-93-48-73(68)101(81(100)108)58-20-29-74(66(84)43-58)111-61-21-14-51(15-22-61)82(85,86)87/h4-5,7-33,35-37,39-48,59H,1-2,6,34,38,49H2,3H3,(H,94,103)/b30-13-. The van der Waals surface area contributed by atoms with Gasteiger partial charge in [-0.1, -0.05) is 36.9 Å². The van der Waals surface area contributed by atoms with Crippen LogP contribution in [0.4, 0.5) is 43.4 Å². The maximum Gasteiger partial charge on any atom is 0.573 e. The van der Waals surface area contributed by atoms with Crippen LogP contribution < -0.4 is 51.0 Å². The summed E-state index contributed by atoms with van der Waals surface area (Å²) in [6.07, 6.45) is 5.01. The molecule has 23 nitrogen and oxygen atoms in total. The molecule has 14 aromatic rings. The van der Waals surface area contributed by atoms with Gasteiger partial charge in [-0.2, -0.15) is 13.2 Å². The molecular weight excluding hydrogens is 1490 g/mol. The fourth-order valence-corrected chi connectivity index (χ4v) is 13.7. The molecule has 1 aliphatic heterocycles. The second kappa shape index (κ2) is 30.5. The number of halogens is 7. The Hall–Kier alpha value is -14.5. The van der Waals surface area contributed by atoms with E-state index < -0.39 is 53.1 Å². The molecule has 30 heteroatoms. The fraction of sp³-hybridized carbons (Fsp3) is 0.0964. The lowest BCUT2D eigenvalue weighted by molar-refractivity contribution is -0.274. The highest BCUT2D eigenvalue weighted by molar-refractivity contribution is 6.32. The minimum atomic E-state index is -5.15. The fourth-order valence-electron chi connectivity index (χ4n) is 13.4. The summed E-state index contributed by atoms with van der Waals surface area (Å²) in [5, 5.41) is 2.73. The molecule has 1 aliphatic rings. The zero-order chi connectivity index (χ0) is 79.0. The molecule has 7 heterocycles. The Bertz CT molecular complexity index is 6330. The van der Waals surface area contributed by atoms with Crippen LogP contribution in [0.15, 0.2) is 277 Å². The summed E-state index contributed by atoms with van der Waals surface area (Å²) in [6.45, 7) is 9.83. The van der Waals surface area contributed by atoms with Crippen molar-refractivity contribution >= 4 is 85.6 Å². The summed E-state index contributed by atoms with van der Waals surface area (Å²) < 4.78 is 119. The Labute approximate surface area is 640 Å². The van der Waals surface area contributed by atoms with E-state index in [0.717, 1.165) is 53.5 Å². The van der Waals surface area contributed by atoms with Crippen molar-refractivity contribution in [1.29, 1.82) is 0 Å². The average Bonchev–Trinajstić information content (AvgIpc) is 1.56. The first-order chi connectivity index (χ1) is 54.5. The molecule has 0 spiro atoms. The van der Waals surface area contributed by atoms with Crippen LogP contribution in [0.1, 0.15) is 30.5 Å². The molecule has 1 N–H and O–H groups in total. The van der Waals surface area contributed by atoms with Gasteiger partial charge in [0.25, 0.3) is 5.91 Å². The van der Waals surface area contributed by atoms with E-state index >= 15 is 0 Å². The molecular formula is C83H59ClF6N12O11. The molecule has 1 fully saturated rings. The van der Waals surface area contributed by atoms with E-state index in [1.54, 1.807) is 143 Å². The van der Waals surface area contributed by atoms with Crippen LogP contribution in [0, 0.1) is 0 Å². The molecule has 1 atom stereocenters. The SMILES string of the molecule is C=CC(=O)Nc1cccc(-n2c(=O)n(-c3ccc(Oc4cc(/C=C\C(=O)N5CCC(n6c(=O)n(-c7ccc(Oc8cc(OC(F)(F)F)ccc8N(C(=O)C=C)c8cccc(-n9c(=O)n(-c%10ccc(Oc%11ccc(C(F)(F)F)cc%11)c(Cl)c%10)c%10cnccc%109)c8)cc7)c7cnccc76)C5)cc(OCC)c4)cc3)c3cnccc32)c1. The van der Waals surface area contributed by atoms with Gasteiger partial charge in [0.15, 0.2) is 5.75 Å². The van der Waals surface area contributed by atoms with Crippen LogP contribution in [0.25, 0.3) is 67.6 Å². The predicted molar refractivity (Wildman–Crippen MR) is 412 cm³/mol. The van der Waals surface area contributed by atoms with Crippen molar-refractivity contribution in [2.75, 3.05) is 29.9 Å². The number of hydrogen-bond donors (Lipinski definition) is 1. The number of pyridine rings is 3. The van der Waals surface area contributed by atoms with Crippen molar-refractivity contribution in [3.05, 3.63) is 310 Å². The number of rotatable bonds is 22. The molecule has 1 saturated heterocycles. The van der Waals surface area contributed by atoms with Crippen molar-refractivity contribution in [1.82, 2.24) is 47.3 Å². The first-order valence-corrected chi connectivity index (χ1v) is 35.1. The van der Waals surface area contributed by atoms with Crippen molar-refractivity contribution in [3.8, 4) is 74.4 Å². The zero-order valence-corrected chi connectivity index (χ0v) is 59.9. The van der Waals surface area contributed by atoms with Crippen LogP contribution in [-0.2, 0) is 20.6 Å². The summed E-state index contributed by atoms with van der Waals surface area (Å²) in [5.41, 5.74) is 3.18. The molecule has 0 saturated carbocycles. The van der Waals surface area contributed by atoms with E-state index in [2.05, 4.69) is 38.2 Å². The van der Waals surface area contributed by atoms with Crippen LogP contribution >= 0.6 is 11.6 Å². The highest BCUT2D eigenvalue weighted by Crippen LogP contribution is 2.43. The third kappa shape index (κ3) is 15.1. The Kier molecular flexibility index (Phi) is 20.0. The van der Waals surface area contributed by atoms with Crippen LogP contribution in [0.3, 0.4) is 0 Å². The smallest absolute Gasteiger partial charge is 0.494 e. The van der Waals surface area contributed by atoms with E-state index in [1.807, 2.05) is 6.92 Å². The van der Waals surface area contributed by atoms with E-state index in [4.69, 9.17) is 30.5 Å². The lowest BCUT2D eigenvalue weighted by Crippen LogP contribution is -2.31. The number of fused-ring (bicyclic) bond motifs is 3. The van der Waals surface area contributed by atoms with Crippen molar-refractivity contribution in [3.63, 3.8) is 0 Å². The van der Waals surface area contributed by atoms with Gasteiger partial charge in [0.1, 0.15) is 40.2 Å². The first kappa shape index (κ1) is 74.0. The van der Waals surface area contributed by atoms with E-state index in [9.17, 15) is 55.1 Å². The Morgan fingerprint density at radius 1 is 0.549 bits per heavy atom. The van der Waals surface area contributed by atoms with Gasteiger partial charge in [-0.25, -0.2) is 14.4 Å². The Morgan fingerprint density at radius 3 is 1.70 bits per heavy atom. The topological polar surface area (TPSA) is 235 Å². The molecule has 0 bridgehead atoms. The third-order valence-corrected chi connectivity index (χ3v) is 18.7. The maximum absolute atomic E-state index is 14.9. The lowest BCUT2D eigenvalue weighted by Gasteiger charge is -2.25. The number of ether oxygens (including phenoxy) is 5. The van der Waals surface area contributed by atoms with Gasteiger partial charge in [0.2, 0.25) is 11.8 Å². The highest BCUT2D eigenvalue weighted by atomic mass is 35.5. The second-order valence-electron chi connectivity index (χ2n) is 25.5. The Morgan fingerprint density at radius 2 is 1.09 bits per heavy atom. The zero-order valence-electron chi connectivity index (χ0n) is 59.1. The summed E-state index contributed by atoms with van der Waals surface area (Å²) in [5.74, 6) is -1.07. The molecule has 15 rings (SSSR count). The predicted octanol–water partition coefficient (Wildman–Crippen LogP) is 17.0. The van der Waals surface area contributed by atoms with Gasteiger partial charge in [-0.15, -0.1) is 13.2 Å². The lowest BCUT2D eigenvalue weighted by atomic mass is 10.1. The van der Waals surface area contributed by atoms with Crippen LogP contribution in [0.5, 0.6) is 46.0 Å². The number of aromatic nitrogens is 9. The number of hydrogen-bond acceptors (Lipinski definition) is 14. The van der Waals surface area contributed by atoms with E-state index in [-0.39, 0.29) is 68.9 Å². The molecule has 0 aliphatic carbocycles. The summed E-state index contributed by atoms with van der Waals surface area (Å²) in [6, 6.07) is 47.1. The molecule has 6 aromatic heterocycles. The number of imidazole rings is 3.